The topological polar surface area (TPSA) is 80.7 Å². The van der Waals surface area contributed by atoms with Crippen LogP contribution < -0.4 is 14.2 Å². The lowest BCUT2D eigenvalue weighted by atomic mass is 10.1. The Hall–Kier alpha value is -3.30. The highest BCUT2D eigenvalue weighted by atomic mass is 32.2. The Labute approximate surface area is 203 Å². The maximum absolute atomic E-state index is 12.6. The van der Waals surface area contributed by atoms with E-state index in [0.717, 1.165) is 37.9 Å². The van der Waals surface area contributed by atoms with Crippen LogP contribution in [0.3, 0.4) is 0 Å². The lowest BCUT2D eigenvalue weighted by molar-refractivity contribution is -0.132. The van der Waals surface area contributed by atoms with E-state index >= 15 is 0 Å². The molecule has 0 aromatic heterocycles. The van der Waals surface area contributed by atoms with Gasteiger partial charge >= 0.3 is 5.97 Å². The highest BCUT2D eigenvalue weighted by Gasteiger charge is 2.29. The van der Waals surface area contributed by atoms with Crippen LogP contribution in [0.15, 0.2) is 52.4 Å². The van der Waals surface area contributed by atoms with Crippen molar-refractivity contribution in [2.24, 2.45) is 4.99 Å². The number of rotatable bonds is 6. The van der Waals surface area contributed by atoms with Gasteiger partial charge in [-0.1, -0.05) is 30.3 Å². The van der Waals surface area contributed by atoms with Crippen molar-refractivity contribution in [2.75, 3.05) is 40.4 Å². The summed E-state index contributed by atoms with van der Waals surface area (Å²) in [6, 6.07) is 13.8. The van der Waals surface area contributed by atoms with Crippen molar-refractivity contribution in [3.8, 4) is 17.2 Å². The van der Waals surface area contributed by atoms with E-state index in [0.29, 0.717) is 22.0 Å². The van der Waals surface area contributed by atoms with Crippen LogP contribution in [-0.2, 0) is 16.1 Å². The van der Waals surface area contributed by atoms with Gasteiger partial charge in [0.1, 0.15) is 0 Å². The second kappa shape index (κ2) is 10.8. The predicted octanol–water partition coefficient (Wildman–Crippen LogP) is 3.42. The first kappa shape index (κ1) is 23.8. The number of benzene rings is 2. The van der Waals surface area contributed by atoms with E-state index in [1.165, 1.54) is 38.5 Å². The van der Waals surface area contributed by atoms with Gasteiger partial charge in [0.2, 0.25) is 5.75 Å². The number of amidine groups is 1. The van der Waals surface area contributed by atoms with Crippen molar-refractivity contribution >= 4 is 34.9 Å². The molecule has 0 radical (unpaired) electrons. The van der Waals surface area contributed by atoms with Gasteiger partial charge in [-0.2, -0.15) is 4.99 Å². The summed E-state index contributed by atoms with van der Waals surface area (Å²) in [7, 11) is 2.96. The molecule has 1 saturated heterocycles. The molecule has 1 amide bonds. The number of piperazine rings is 1. The highest BCUT2D eigenvalue weighted by Crippen LogP contribution is 2.40. The second-order valence-electron chi connectivity index (χ2n) is 7.91. The molecule has 4 rings (SSSR count). The van der Waals surface area contributed by atoms with E-state index in [1.807, 2.05) is 6.07 Å². The quantitative estimate of drug-likeness (QED) is 0.353. The van der Waals surface area contributed by atoms with E-state index in [2.05, 4.69) is 39.1 Å². The molecule has 0 unspecified atom stereocenters. The van der Waals surface area contributed by atoms with Crippen LogP contribution in [0.5, 0.6) is 17.2 Å². The lowest BCUT2D eigenvalue weighted by Gasteiger charge is -2.35. The Morgan fingerprint density at radius 2 is 1.71 bits per heavy atom. The fraction of sp³-hybridized carbons (Fsp3) is 0.320. The van der Waals surface area contributed by atoms with Crippen molar-refractivity contribution in [1.29, 1.82) is 0 Å². The number of methoxy groups -OCH3 is 2. The van der Waals surface area contributed by atoms with Crippen molar-refractivity contribution in [3.63, 3.8) is 0 Å². The van der Waals surface area contributed by atoms with Gasteiger partial charge in [0.15, 0.2) is 16.7 Å². The van der Waals surface area contributed by atoms with Gasteiger partial charge in [0.05, 0.1) is 19.1 Å². The summed E-state index contributed by atoms with van der Waals surface area (Å²) >= 11 is 1.37. The summed E-state index contributed by atoms with van der Waals surface area (Å²) in [5.74, 6) is 0.135. The smallest absolute Gasteiger partial charge is 0.308 e. The van der Waals surface area contributed by atoms with Crippen LogP contribution in [-0.4, -0.2) is 67.2 Å². The van der Waals surface area contributed by atoms with Gasteiger partial charge in [-0.3, -0.25) is 14.5 Å². The van der Waals surface area contributed by atoms with Gasteiger partial charge in [-0.15, -0.1) is 0 Å². The average molecular weight is 482 g/mol. The number of amides is 1. The lowest BCUT2D eigenvalue weighted by Crippen LogP contribution is -2.47. The molecule has 2 aromatic carbocycles. The number of hydrogen-bond acceptors (Lipinski definition) is 8. The number of hydrogen-bond donors (Lipinski definition) is 0. The van der Waals surface area contributed by atoms with Gasteiger partial charge in [-0.25, -0.2) is 0 Å². The minimum absolute atomic E-state index is 0.204. The number of thioether (sulfide) groups is 1. The first-order valence-corrected chi connectivity index (χ1v) is 11.8. The van der Waals surface area contributed by atoms with Crippen LogP contribution in [0.2, 0.25) is 0 Å². The van der Waals surface area contributed by atoms with Crippen molar-refractivity contribution < 1.29 is 23.8 Å². The molecule has 0 aliphatic carbocycles. The molecule has 0 spiro atoms. The van der Waals surface area contributed by atoms with Crippen LogP contribution in [0.1, 0.15) is 18.1 Å². The van der Waals surface area contributed by atoms with E-state index < -0.39 is 5.97 Å². The van der Waals surface area contributed by atoms with E-state index in [9.17, 15) is 9.59 Å². The molecule has 2 aliphatic rings. The normalized spacial score (nSPS) is 17.6. The third kappa shape index (κ3) is 5.60. The van der Waals surface area contributed by atoms with E-state index in [4.69, 9.17) is 14.2 Å². The molecule has 2 heterocycles. The fourth-order valence-corrected chi connectivity index (χ4v) is 4.82. The summed E-state index contributed by atoms with van der Waals surface area (Å²) in [6.07, 6.45) is 1.75. The largest absolute Gasteiger partial charge is 0.493 e. The summed E-state index contributed by atoms with van der Waals surface area (Å²) < 4.78 is 16.0. The minimum atomic E-state index is -0.480. The number of carbonyl (C=O) groups excluding carboxylic acids is 2. The minimum Gasteiger partial charge on any atom is -0.493 e. The number of esters is 1. The second-order valence-corrected chi connectivity index (χ2v) is 8.92. The van der Waals surface area contributed by atoms with Gasteiger partial charge in [-0.05, 0) is 41.1 Å². The zero-order valence-corrected chi connectivity index (χ0v) is 20.3. The van der Waals surface area contributed by atoms with Crippen molar-refractivity contribution in [3.05, 3.63) is 58.5 Å². The molecule has 9 heteroatoms. The van der Waals surface area contributed by atoms with Crippen LogP contribution in [0.25, 0.3) is 6.08 Å². The summed E-state index contributed by atoms with van der Waals surface area (Å²) in [4.78, 5) is 33.4. The zero-order chi connectivity index (χ0) is 24.1. The van der Waals surface area contributed by atoms with E-state index in [1.54, 1.807) is 18.2 Å². The first-order chi connectivity index (χ1) is 16.5. The van der Waals surface area contributed by atoms with Gasteiger partial charge < -0.3 is 19.1 Å². The first-order valence-electron chi connectivity index (χ1n) is 10.9. The van der Waals surface area contributed by atoms with Crippen molar-refractivity contribution in [2.45, 2.75) is 13.5 Å². The highest BCUT2D eigenvalue weighted by molar-refractivity contribution is 8.18. The van der Waals surface area contributed by atoms with Gasteiger partial charge in [0, 0.05) is 39.6 Å². The molecule has 8 nitrogen and oxygen atoms in total. The molecule has 2 aromatic rings. The molecule has 0 bridgehead atoms. The summed E-state index contributed by atoms with van der Waals surface area (Å²) in [5.41, 5.74) is 1.99. The Kier molecular flexibility index (Phi) is 7.54. The van der Waals surface area contributed by atoms with Crippen molar-refractivity contribution in [1.82, 2.24) is 9.80 Å². The Morgan fingerprint density at radius 3 is 2.29 bits per heavy atom. The Morgan fingerprint density at radius 1 is 1.06 bits per heavy atom. The van der Waals surface area contributed by atoms with E-state index in [-0.39, 0.29) is 11.7 Å². The molecule has 2 aliphatic heterocycles. The number of carbonyl (C=O) groups is 2. The Bertz CT molecular complexity index is 1100. The molecular weight excluding hydrogens is 454 g/mol. The predicted molar refractivity (Wildman–Crippen MR) is 132 cm³/mol. The Balaban J connectivity index is 1.43. The SMILES string of the molecule is COc1cc(/C=C2\SC(N3CCN(Cc4ccccc4)CC3)=NC2=O)cc(OC)c1OC(C)=O. The molecule has 34 heavy (non-hydrogen) atoms. The molecule has 0 saturated carbocycles. The van der Waals surface area contributed by atoms with Gasteiger partial charge in [0.25, 0.3) is 5.91 Å². The third-order valence-electron chi connectivity index (χ3n) is 5.53. The number of aliphatic imine (C=N–C) groups is 1. The zero-order valence-electron chi connectivity index (χ0n) is 19.4. The third-order valence-corrected chi connectivity index (χ3v) is 6.57. The number of ether oxygens (including phenoxy) is 3. The standard InChI is InChI=1S/C25H27N3O5S/c1-17(29)33-23-20(31-2)13-19(14-21(23)32-3)15-22-24(30)26-25(34-22)28-11-9-27(10-12-28)16-18-7-5-4-6-8-18/h4-8,13-15H,9-12,16H2,1-3H3/b22-15-. The van der Waals surface area contributed by atoms with Crippen LogP contribution in [0.4, 0.5) is 0 Å². The molecule has 178 valence electrons. The molecule has 0 atom stereocenters. The maximum atomic E-state index is 12.6. The molecule has 0 N–H and O–H groups in total. The fourth-order valence-electron chi connectivity index (χ4n) is 3.85. The monoisotopic (exact) mass is 481 g/mol. The van der Waals surface area contributed by atoms with Crippen LogP contribution in [0, 0.1) is 0 Å². The average Bonchev–Trinajstić information content (AvgIpc) is 3.20. The van der Waals surface area contributed by atoms with Crippen LogP contribution >= 0.6 is 11.8 Å². The summed E-state index contributed by atoms with van der Waals surface area (Å²) in [5, 5.41) is 0.728. The summed E-state index contributed by atoms with van der Waals surface area (Å²) in [6.45, 7) is 5.69. The molecular formula is C25H27N3O5S. The number of nitrogens with zero attached hydrogens (tertiary/aromatic N) is 3. The molecule has 1 fully saturated rings. The maximum Gasteiger partial charge on any atom is 0.308 e.